The molecule has 0 aliphatic rings. The number of aromatic nitrogens is 4. The number of hydrogen-bond donors (Lipinski definition) is 1. The van der Waals surface area contributed by atoms with Crippen molar-refractivity contribution in [2.24, 2.45) is 0 Å². The van der Waals surface area contributed by atoms with Crippen LogP contribution in [0.1, 0.15) is 26.7 Å². The molecule has 0 aliphatic carbocycles. The Morgan fingerprint density at radius 2 is 2.17 bits per heavy atom. The van der Waals surface area contributed by atoms with Gasteiger partial charge in [0.2, 0.25) is 0 Å². The minimum atomic E-state index is 0.411. The van der Waals surface area contributed by atoms with Crippen LogP contribution >= 0.6 is 0 Å². The molecule has 98 valence electrons. The predicted molar refractivity (Wildman–Crippen MR) is 72.4 cm³/mol. The highest BCUT2D eigenvalue weighted by molar-refractivity contribution is 5.38. The second-order valence-electron chi connectivity index (χ2n) is 4.60. The summed E-state index contributed by atoms with van der Waals surface area (Å²) in [7, 11) is 0. The Kier molecular flexibility index (Phi) is 4.39. The summed E-state index contributed by atoms with van der Waals surface area (Å²) in [5.41, 5.74) is 1.09. The first kappa shape index (κ1) is 12.7. The number of aryl methyl sites for hydroxylation is 2. The van der Waals surface area contributed by atoms with Gasteiger partial charge in [0.1, 0.15) is 0 Å². The molecule has 5 heteroatoms. The Labute approximate surface area is 108 Å². The summed E-state index contributed by atoms with van der Waals surface area (Å²) in [6, 6.07) is 2.36. The molecule has 2 aromatic heterocycles. The zero-order valence-electron chi connectivity index (χ0n) is 11.1. The van der Waals surface area contributed by atoms with E-state index in [-0.39, 0.29) is 0 Å². The third-order valence-corrected chi connectivity index (χ3v) is 2.85. The lowest BCUT2D eigenvalue weighted by molar-refractivity contribution is 0.545. The normalized spacial score (nSPS) is 12.6. The molecule has 1 atom stereocenters. The molecule has 5 nitrogen and oxygen atoms in total. The van der Waals surface area contributed by atoms with Crippen molar-refractivity contribution in [2.75, 3.05) is 5.32 Å². The maximum absolute atomic E-state index is 4.31. The van der Waals surface area contributed by atoms with Gasteiger partial charge in [-0.05, 0) is 25.8 Å². The summed E-state index contributed by atoms with van der Waals surface area (Å²) in [5, 5.41) is 12.0. The molecular formula is C13H21N5. The maximum Gasteiger partial charge on any atom is 0.0728 e. The van der Waals surface area contributed by atoms with Gasteiger partial charge in [-0.25, -0.2) is 0 Å². The standard InChI is InChI=1S/C13H21N5/c1-3-7-18-11-13(10-15-18)16-12(2)5-9-17-8-4-6-14-17/h4,6,8,10-12,16H,3,5,7,9H2,1-2H3. The second kappa shape index (κ2) is 6.23. The molecule has 1 N–H and O–H groups in total. The lowest BCUT2D eigenvalue weighted by atomic mass is 10.2. The van der Waals surface area contributed by atoms with Crippen LogP contribution in [0, 0.1) is 0 Å². The van der Waals surface area contributed by atoms with Gasteiger partial charge < -0.3 is 5.32 Å². The number of nitrogens with one attached hydrogen (secondary N) is 1. The summed E-state index contributed by atoms with van der Waals surface area (Å²) >= 11 is 0. The van der Waals surface area contributed by atoms with E-state index in [2.05, 4.69) is 35.6 Å². The number of rotatable bonds is 7. The molecule has 0 spiro atoms. The van der Waals surface area contributed by atoms with Crippen LogP contribution in [0.15, 0.2) is 30.9 Å². The van der Waals surface area contributed by atoms with Gasteiger partial charge in [-0.1, -0.05) is 6.92 Å². The molecule has 0 bridgehead atoms. The van der Waals surface area contributed by atoms with Crippen LogP contribution in [-0.2, 0) is 13.1 Å². The van der Waals surface area contributed by atoms with E-state index < -0.39 is 0 Å². The highest BCUT2D eigenvalue weighted by atomic mass is 15.3. The third kappa shape index (κ3) is 3.61. The SMILES string of the molecule is CCCn1cc(NC(C)CCn2cccn2)cn1. The van der Waals surface area contributed by atoms with E-state index >= 15 is 0 Å². The smallest absolute Gasteiger partial charge is 0.0728 e. The van der Waals surface area contributed by atoms with Crippen LogP contribution in [0.2, 0.25) is 0 Å². The van der Waals surface area contributed by atoms with E-state index in [9.17, 15) is 0 Å². The molecule has 2 aromatic rings. The van der Waals surface area contributed by atoms with Gasteiger partial charge in [0.05, 0.1) is 11.9 Å². The fraction of sp³-hybridized carbons (Fsp3) is 0.538. The van der Waals surface area contributed by atoms with Crippen LogP contribution in [0.5, 0.6) is 0 Å². The van der Waals surface area contributed by atoms with Gasteiger partial charge in [-0.2, -0.15) is 10.2 Å². The molecule has 0 aromatic carbocycles. The molecule has 18 heavy (non-hydrogen) atoms. The summed E-state index contributed by atoms with van der Waals surface area (Å²) in [4.78, 5) is 0. The van der Waals surface area contributed by atoms with Crippen molar-refractivity contribution >= 4 is 5.69 Å². The topological polar surface area (TPSA) is 47.7 Å². The first-order chi connectivity index (χ1) is 8.78. The predicted octanol–water partition coefficient (Wildman–Crippen LogP) is 2.38. The van der Waals surface area contributed by atoms with E-state index in [1.165, 1.54) is 0 Å². The fourth-order valence-corrected chi connectivity index (χ4v) is 1.90. The molecule has 1 unspecified atom stereocenters. The Bertz CT molecular complexity index is 446. The van der Waals surface area contributed by atoms with Crippen molar-refractivity contribution in [2.45, 2.75) is 45.8 Å². The van der Waals surface area contributed by atoms with Crippen molar-refractivity contribution in [3.63, 3.8) is 0 Å². The van der Waals surface area contributed by atoms with Gasteiger partial charge in [0.15, 0.2) is 0 Å². The van der Waals surface area contributed by atoms with E-state index in [0.717, 1.165) is 31.6 Å². The van der Waals surface area contributed by atoms with Crippen molar-refractivity contribution in [3.8, 4) is 0 Å². The van der Waals surface area contributed by atoms with Crippen molar-refractivity contribution in [1.82, 2.24) is 19.6 Å². The Morgan fingerprint density at radius 1 is 1.28 bits per heavy atom. The van der Waals surface area contributed by atoms with Gasteiger partial charge in [0.25, 0.3) is 0 Å². The van der Waals surface area contributed by atoms with Crippen molar-refractivity contribution in [1.29, 1.82) is 0 Å². The molecule has 0 radical (unpaired) electrons. The molecule has 0 saturated carbocycles. The van der Waals surface area contributed by atoms with Crippen molar-refractivity contribution in [3.05, 3.63) is 30.9 Å². The largest absolute Gasteiger partial charge is 0.380 e. The Hall–Kier alpha value is -1.78. The summed E-state index contributed by atoms with van der Waals surface area (Å²) in [6.07, 6.45) is 9.91. The highest BCUT2D eigenvalue weighted by Crippen LogP contribution is 2.09. The van der Waals surface area contributed by atoms with Crippen LogP contribution < -0.4 is 5.32 Å². The monoisotopic (exact) mass is 247 g/mol. The Balaban J connectivity index is 1.77. The van der Waals surface area contributed by atoms with Crippen LogP contribution in [0.25, 0.3) is 0 Å². The zero-order chi connectivity index (χ0) is 12.8. The van der Waals surface area contributed by atoms with E-state index in [0.29, 0.717) is 6.04 Å². The molecule has 0 fully saturated rings. The number of anilines is 1. The van der Waals surface area contributed by atoms with Gasteiger partial charge in [0, 0.05) is 37.7 Å². The first-order valence-corrected chi connectivity index (χ1v) is 6.54. The zero-order valence-corrected chi connectivity index (χ0v) is 11.1. The first-order valence-electron chi connectivity index (χ1n) is 6.54. The highest BCUT2D eigenvalue weighted by Gasteiger charge is 2.04. The second-order valence-corrected chi connectivity index (χ2v) is 4.60. The van der Waals surface area contributed by atoms with E-state index in [1.54, 1.807) is 0 Å². The molecule has 0 saturated heterocycles. The van der Waals surface area contributed by atoms with Gasteiger partial charge in [-0.3, -0.25) is 9.36 Å². The summed E-state index contributed by atoms with van der Waals surface area (Å²) in [5.74, 6) is 0. The fourth-order valence-electron chi connectivity index (χ4n) is 1.90. The third-order valence-electron chi connectivity index (χ3n) is 2.85. The molecule has 2 rings (SSSR count). The molecule has 0 amide bonds. The van der Waals surface area contributed by atoms with Gasteiger partial charge >= 0.3 is 0 Å². The van der Waals surface area contributed by atoms with Crippen LogP contribution in [-0.4, -0.2) is 25.6 Å². The molecule has 2 heterocycles. The summed E-state index contributed by atoms with van der Waals surface area (Å²) < 4.78 is 3.93. The van der Waals surface area contributed by atoms with Gasteiger partial charge in [-0.15, -0.1) is 0 Å². The summed E-state index contributed by atoms with van der Waals surface area (Å²) in [6.45, 7) is 6.25. The average molecular weight is 247 g/mol. The van der Waals surface area contributed by atoms with Crippen molar-refractivity contribution < 1.29 is 0 Å². The Morgan fingerprint density at radius 3 is 2.89 bits per heavy atom. The van der Waals surface area contributed by atoms with Crippen LogP contribution in [0.3, 0.4) is 0 Å². The number of hydrogen-bond acceptors (Lipinski definition) is 3. The lowest BCUT2D eigenvalue weighted by Gasteiger charge is -2.13. The average Bonchev–Trinajstić information content (AvgIpc) is 2.99. The quantitative estimate of drug-likeness (QED) is 0.817. The van der Waals surface area contributed by atoms with E-state index in [1.807, 2.05) is 34.0 Å². The van der Waals surface area contributed by atoms with Crippen LogP contribution in [0.4, 0.5) is 5.69 Å². The molecule has 0 aliphatic heterocycles. The van der Waals surface area contributed by atoms with E-state index in [4.69, 9.17) is 0 Å². The minimum absolute atomic E-state index is 0.411. The lowest BCUT2D eigenvalue weighted by Crippen LogP contribution is -2.17. The maximum atomic E-state index is 4.31. The molecular weight excluding hydrogens is 226 g/mol. The minimum Gasteiger partial charge on any atom is -0.380 e. The number of nitrogens with zero attached hydrogens (tertiary/aromatic N) is 4.